The number of fused-ring (bicyclic) bond motifs is 2. The van der Waals surface area contributed by atoms with E-state index in [0.717, 1.165) is 18.5 Å². The van der Waals surface area contributed by atoms with Crippen LogP contribution in [0.25, 0.3) is 5.57 Å². The van der Waals surface area contributed by atoms with Gasteiger partial charge in [0.25, 0.3) is 0 Å². The van der Waals surface area contributed by atoms with E-state index in [1.165, 1.54) is 28.0 Å². The van der Waals surface area contributed by atoms with Crippen molar-refractivity contribution in [3.8, 4) is 0 Å². The Morgan fingerprint density at radius 3 is 2.48 bits per heavy atom. The highest BCUT2D eigenvalue weighted by Crippen LogP contribution is 2.51. The molecule has 0 bridgehead atoms. The fourth-order valence-corrected chi connectivity index (χ4v) is 5.88. The molecule has 3 nitrogen and oxygen atoms in total. The van der Waals surface area contributed by atoms with Gasteiger partial charge in [0.15, 0.2) is 0 Å². The van der Waals surface area contributed by atoms with Crippen molar-refractivity contribution in [2.75, 3.05) is 10.2 Å². The summed E-state index contributed by atoms with van der Waals surface area (Å²) in [5.41, 5.74) is 6.91. The largest absolute Gasteiger partial charge is 0.376 e. The number of carbonyl (C=O) groups excluding carboxylic acids is 1. The molecule has 2 aliphatic heterocycles. The van der Waals surface area contributed by atoms with Crippen LogP contribution in [-0.4, -0.2) is 17.0 Å². The van der Waals surface area contributed by atoms with Crippen LogP contribution in [0.5, 0.6) is 0 Å². The predicted octanol–water partition coefficient (Wildman–Crippen LogP) is 6.92. The number of rotatable bonds is 3. The molecule has 2 aromatic rings. The third-order valence-electron chi connectivity index (χ3n) is 6.96. The number of nitrogens with zero attached hydrogens (tertiary/aromatic N) is 1. The molecule has 31 heavy (non-hydrogen) atoms. The van der Waals surface area contributed by atoms with Crippen LogP contribution in [0.15, 0.2) is 48.5 Å². The number of benzene rings is 2. The second kappa shape index (κ2) is 7.25. The molecule has 164 valence electrons. The molecule has 0 unspecified atom stereocenters. The number of para-hydroxylation sites is 1. The molecule has 4 rings (SSSR count). The van der Waals surface area contributed by atoms with Gasteiger partial charge in [-0.15, -0.1) is 0 Å². The van der Waals surface area contributed by atoms with E-state index in [1.807, 2.05) is 0 Å². The van der Waals surface area contributed by atoms with Crippen LogP contribution >= 0.6 is 0 Å². The summed E-state index contributed by atoms with van der Waals surface area (Å²) in [6, 6.07) is 15.4. The first-order valence-corrected chi connectivity index (χ1v) is 11.5. The first-order chi connectivity index (χ1) is 14.5. The summed E-state index contributed by atoms with van der Waals surface area (Å²) in [6.07, 6.45) is 4.64. The molecule has 0 saturated carbocycles. The third kappa shape index (κ3) is 3.58. The molecule has 1 N–H and O–H groups in total. The zero-order valence-electron chi connectivity index (χ0n) is 20.1. The van der Waals surface area contributed by atoms with E-state index in [0.29, 0.717) is 6.42 Å². The van der Waals surface area contributed by atoms with E-state index in [4.69, 9.17) is 0 Å². The topological polar surface area (TPSA) is 32.3 Å². The first kappa shape index (κ1) is 21.7. The van der Waals surface area contributed by atoms with Gasteiger partial charge in [-0.25, -0.2) is 0 Å². The summed E-state index contributed by atoms with van der Waals surface area (Å²) in [5, 5.41) is 3.65. The van der Waals surface area contributed by atoms with E-state index in [2.05, 4.69) is 107 Å². The van der Waals surface area contributed by atoms with Crippen LogP contribution in [0.1, 0.15) is 84.4 Å². The Labute approximate surface area is 187 Å². The van der Waals surface area contributed by atoms with E-state index < -0.39 is 0 Å². The third-order valence-corrected chi connectivity index (χ3v) is 6.96. The van der Waals surface area contributed by atoms with Gasteiger partial charge >= 0.3 is 0 Å². The van der Waals surface area contributed by atoms with Crippen LogP contribution in [0.3, 0.4) is 0 Å². The van der Waals surface area contributed by atoms with Crippen LogP contribution in [0.2, 0.25) is 0 Å². The maximum absolute atomic E-state index is 13.1. The zero-order valence-corrected chi connectivity index (χ0v) is 20.1. The summed E-state index contributed by atoms with van der Waals surface area (Å²) in [6.45, 7) is 15.5. The second-order valence-corrected chi connectivity index (χ2v) is 10.8. The molecular weight excluding hydrogens is 380 g/mol. The molecule has 0 aromatic heterocycles. The Hall–Kier alpha value is -2.55. The normalized spacial score (nSPS) is 23.3. The van der Waals surface area contributed by atoms with Crippen molar-refractivity contribution in [3.63, 3.8) is 0 Å². The average Bonchev–Trinajstić information content (AvgIpc) is 2.66. The smallest absolute Gasteiger partial charge is 0.227 e. The molecular formula is C28H36N2O. The Balaban J connectivity index is 1.87. The summed E-state index contributed by atoms with van der Waals surface area (Å²) >= 11 is 0. The predicted molar refractivity (Wildman–Crippen MR) is 132 cm³/mol. The van der Waals surface area contributed by atoms with Crippen LogP contribution in [0, 0.1) is 0 Å². The minimum Gasteiger partial charge on any atom is -0.376 e. The van der Waals surface area contributed by atoms with Crippen LogP contribution < -0.4 is 10.2 Å². The molecule has 2 heterocycles. The Morgan fingerprint density at radius 1 is 1.06 bits per heavy atom. The first-order valence-electron chi connectivity index (χ1n) is 11.5. The van der Waals surface area contributed by atoms with Crippen molar-refractivity contribution < 1.29 is 4.79 Å². The lowest BCUT2D eigenvalue weighted by molar-refractivity contribution is -0.120. The Morgan fingerprint density at radius 2 is 1.77 bits per heavy atom. The van der Waals surface area contributed by atoms with E-state index in [1.54, 1.807) is 0 Å². The van der Waals surface area contributed by atoms with Crippen molar-refractivity contribution in [1.29, 1.82) is 0 Å². The van der Waals surface area contributed by atoms with Gasteiger partial charge in [-0.05, 0) is 82.4 Å². The van der Waals surface area contributed by atoms with Gasteiger partial charge in [0.2, 0.25) is 5.91 Å². The van der Waals surface area contributed by atoms with Gasteiger partial charge in [-0.3, -0.25) is 4.79 Å². The maximum Gasteiger partial charge on any atom is 0.227 e. The standard InChI is InChI=1S/C28H36N2O/c1-8-11-25(31)30-24-13-10-9-12-22(24)28(7,18-27(30,5)6)20-14-15-23-21(16-20)19(2)17-26(3,4)29-23/h9-10,12-17,29H,8,11,18H2,1-7H3/t28-/m1/s1. The fourth-order valence-electron chi connectivity index (χ4n) is 5.88. The lowest BCUT2D eigenvalue weighted by Gasteiger charge is -2.51. The molecule has 0 saturated heterocycles. The molecule has 2 aliphatic rings. The van der Waals surface area contributed by atoms with Crippen molar-refractivity contribution >= 4 is 22.9 Å². The lowest BCUT2D eigenvalue weighted by Crippen LogP contribution is -2.55. The van der Waals surface area contributed by atoms with Crippen LogP contribution in [-0.2, 0) is 10.2 Å². The zero-order chi connectivity index (χ0) is 22.6. The number of carbonyl (C=O) groups is 1. The summed E-state index contributed by atoms with van der Waals surface area (Å²) in [4.78, 5) is 15.2. The minimum atomic E-state index is -0.267. The highest BCUT2D eigenvalue weighted by Gasteiger charge is 2.47. The Kier molecular flexibility index (Phi) is 5.07. The minimum absolute atomic E-state index is 0.0396. The number of anilines is 2. The molecule has 3 heteroatoms. The summed E-state index contributed by atoms with van der Waals surface area (Å²) in [7, 11) is 0. The molecule has 1 atom stereocenters. The molecule has 0 radical (unpaired) electrons. The van der Waals surface area contributed by atoms with Crippen LogP contribution in [0.4, 0.5) is 11.4 Å². The van der Waals surface area contributed by atoms with E-state index in [9.17, 15) is 4.79 Å². The number of allylic oxidation sites excluding steroid dienone is 1. The van der Waals surface area contributed by atoms with E-state index >= 15 is 0 Å². The number of hydrogen-bond acceptors (Lipinski definition) is 2. The molecule has 2 aromatic carbocycles. The molecule has 0 fully saturated rings. The highest BCUT2D eigenvalue weighted by atomic mass is 16.2. The number of hydrogen-bond donors (Lipinski definition) is 1. The van der Waals surface area contributed by atoms with Gasteiger partial charge in [0.1, 0.15) is 0 Å². The quantitative estimate of drug-likeness (QED) is 0.589. The van der Waals surface area contributed by atoms with E-state index in [-0.39, 0.29) is 22.4 Å². The van der Waals surface area contributed by atoms with Crippen molar-refractivity contribution in [2.24, 2.45) is 0 Å². The van der Waals surface area contributed by atoms with Gasteiger partial charge in [0.05, 0.1) is 5.54 Å². The summed E-state index contributed by atoms with van der Waals surface area (Å²) in [5.74, 6) is 0.220. The highest BCUT2D eigenvalue weighted by molar-refractivity contribution is 5.96. The second-order valence-electron chi connectivity index (χ2n) is 10.8. The number of amides is 1. The molecule has 0 aliphatic carbocycles. The van der Waals surface area contributed by atoms with Gasteiger partial charge < -0.3 is 10.2 Å². The molecule has 0 spiro atoms. The van der Waals surface area contributed by atoms with Gasteiger partial charge in [-0.2, -0.15) is 0 Å². The fraction of sp³-hybridized carbons (Fsp3) is 0.464. The van der Waals surface area contributed by atoms with Crippen molar-refractivity contribution in [3.05, 3.63) is 65.2 Å². The van der Waals surface area contributed by atoms with Gasteiger partial charge in [-0.1, -0.05) is 44.2 Å². The molecule has 1 amide bonds. The van der Waals surface area contributed by atoms with Crippen molar-refractivity contribution in [1.82, 2.24) is 0 Å². The maximum atomic E-state index is 13.1. The van der Waals surface area contributed by atoms with Gasteiger partial charge in [0, 0.05) is 34.3 Å². The summed E-state index contributed by atoms with van der Waals surface area (Å²) < 4.78 is 0. The van der Waals surface area contributed by atoms with Crippen molar-refractivity contribution in [2.45, 2.75) is 84.2 Å². The average molecular weight is 417 g/mol. The lowest BCUT2D eigenvalue weighted by atomic mass is 9.64. The Bertz CT molecular complexity index is 1060. The monoisotopic (exact) mass is 416 g/mol. The SMILES string of the molecule is CCCC(=O)N1c2ccccc2[C@@](C)(c2ccc3c(c2)C(C)=CC(C)(C)N3)CC1(C)C. The number of nitrogens with one attached hydrogen (secondary N) is 1.